The van der Waals surface area contributed by atoms with Crippen molar-refractivity contribution >= 4 is 11.9 Å². The first-order chi connectivity index (χ1) is 15.2. The van der Waals surface area contributed by atoms with Gasteiger partial charge in [0, 0.05) is 19.3 Å². The normalized spacial score (nSPS) is 23.0. The van der Waals surface area contributed by atoms with Crippen molar-refractivity contribution in [3.63, 3.8) is 0 Å². The topological polar surface area (TPSA) is 105 Å². The van der Waals surface area contributed by atoms with Crippen molar-refractivity contribution in [2.75, 3.05) is 13.1 Å². The number of fused-ring (bicyclic) bond motifs is 1. The van der Waals surface area contributed by atoms with Gasteiger partial charge in [0.15, 0.2) is 0 Å². The Labute approximate surface area is 182 Å². The Hall–Kier alpha value is -2.92. The highest BCUT2D eigenvalue weighted by Crippen LogP contribution is 2.33. The summed E-state index contributed by atoms with van der Waals surface area (Å²) < 4.78 is 43.0. The SMILES string of the molecule is O=C(NCc1ccco1)[C@@H]1C[C@@H]2CCN(Cc3ccccn3)C[C@H]2O1.O=C(O)C(F)(F)F. The third kappa shape index (κ3) is 6.79. The number of rotatable bonds is 5. The molecule has 8 nitrogen and oxygen atoms in total. The quantitative estimate of drug-likeness (QED) is 0.714. The molecule has 2 N–H and O–H groups in total. The van der Waals surface area contributed by atoms with Crippen LogP contribution in [0.5, 0.6) is 0 Å². The van der Waals surface area contributed by atoms with Gasteiger partial charge in [0.2, 0.25) is 5.91 Å². The predicted octanol–water partition coefficient (Wildman–Crippen LogP) is 2.60. The van der Waals surface area contributed by atoms with E-state index in [9.17, 15) is 18.0 Å². The Bertz CT molecular complexity index is 877. The van der Waals surface area contributed by atoms with E-state index in [4.69, 9.17) is 19.1 Å². The molecule has 2 aliphatic heterocycles. The van der Waals surface area contributed by atoms with E-state index in [0.717, 1.165) is 43.9 Å². The summed E-state index contributed by atoms with van der Waals surface area (Å²) in [4.78, 5) is 28.0. The van der Waals surface area contributed by atoms with Crippen LogP contribution < -0.4 is 5.32 Å². The average molecular weight is 455 g/mol. The molecule has 4 rings (SSSR count). The molecule has 2 aromatic heterocycles. The zero-order valence-corrected chi connectivity index (χ0v) is 17.1. The zero-order valence-electron chi connectivity index (χ0n) is 17.1. The van der Waals surface area contributed by atoms with Crippen LogP contribution in [0.2, 0.25) is 0 Å². The second-order valence-corrected chi connectivity index (χ2v) is 7.60. The van der Waals surface area contributed by atoms with Gasteiger partial charge in [-0.15, -0.1) is 0 Å². The molecule has 0 saturated carbocycles. The summed E-state index contributed by atoms with van der Waals surface area (Å²) in [5.74, 6) is -1.57. The summed E-state index contributed by atoms with van der Waals surface area (Å²) in [5, 5.41) is 10.0. The maximum atomic E-state index is 12.4. The van der Waals surface area contributed by atoms with E-state index in [1.165, 1.54) is 0 Å². The van der Waals surface area contributed by atoms with Gasteiger partial charge in [-0.2, -0.15) is 13.2 Å². The first-order valence-corrected chi connectivity index (χ1v) is 10.1. The number of aliphatic carboxylic acids is 1. The van der Waals surface area contributed by atoms with Crippen LogP contribution in [0.15, 0.2) is 47.2 Å². The van der Waals surface area contributed by atoms with Crippen molar-refractivity contribution < 1.29 is 37.0 Å². The molecular weight excluding hydrogens is 431 g/mol. The van der Waals surface area contributed by atoms with Gasteiger partial charge in [0.25, 0.3) is 0 Å². The van der Waals surface area contributed by atoms with Crippen molar-refractivity contribution in [2.24, 2.45) is 5.92 Å². The van der Waals surface area contributed by atoms with Crippen molar-refractivity contribution in [1.82, 2.24) is 15.2 Å². The lowest BCUT2D eigenvalue weighted by Crippen LogP contribution is -2.42. The number of aromatic nitrogens is 1. The van der Waals surface area contributed by atoms with Gasteiger partial charge in [-0.05, 0) is 49.6 Å². The Morgan fingerprint density at radius 3 is 2.66 bits per heavy atom. The minimum absolute atomic E-state index is 0.0397. The molecule has 0 unspecified atom stereocenters. The summed E-state index contributed by atoms with van der Waals surface area (Å²) in [6.07, 6.45) is 0.0220. The van der Waals surface area contributed by atoms with E-state index in [1.54, 1.807) is 6.26 Å². The lowest BCUT2D eigenvalue weighted by atomic mass is 9.91. The molecule has 11 heteroatoms. The van der Waals surface area contributed by atoms with Crippen LogP contribution in [0.1, 0.15) is 24.3 Å². The molecule has 4 heterocycles. The monoisotopic (exact) mass is 455 g/mol. The number of hydrogen-bond acceptors (Lipinski definition) is 6. The van der Waals surface area contributed by atoms with Crippen LogP contribution in [0.4, 0.5) is 13.2 Å². The molecular formula is C21H24F3N3O5. The minimum atomic E-state index is -5.08. The Morgan fingerprint density at radius 1 is 1.25 bits per heavy atom. The number of carbonyl (C=O) groups is 2. The van der Waals surface area contributed by atoms with Gasteiger partial charge in [0.05, 0.1) is 24.6 Å². The number of furan rings is 1. The molecule has 2 aromatic rings. The second kappa shape index (κ2) is 10.6. The van der Waals surface area contributed by atoms with Crippen molar-refractivity contribution in [1.29, 1.82) is 0 Å². The largest absolute Gasteiger partial charge is 0.490 e. The summed E-state index contributed by atoms with van der Waals surface area (Å²) in [7, 11) is 0. The Kier molecular flexibility index (Phi) is 7.86. The highest BCUT2D eigenvalue weighted by Gasteiger charge is 2.41. The number of nitrogens with zero attached hydrogens (tertiary/aromatic N) is 2. The molecule has 0 spiro atoms. The number of hydrogen-bond donors (Lipinski definition) is 2. The molecule has 2 saturated heterocycles. The van der Waals surface area contributed by atoms with Crippen LogP contribution >= 0.6 is 0 Å². The predicted molar refractivity (Wildman–Crippen MR) is 105 cm³/mol. The van der Waals surface area contributed by atoms with E-state index in [0.29, 0.717) is 12.5 Å². The standard InChI is InChI=1S/C19H23N3O3.C2HF3O2/c23-19(21-11-16-5-3-9-24-16)17-10-14-6-8-22(13-18(14)25-17)12-15-4-1-2-7-20-15;3-2(4,5)1(6)7/h1-5,7,9,14,17-18H,6,8,10-13H2,(H,21,23);(H,6,7)/t14-,17-,18+;/m0./s1. The smallest absolute Gasteiger partial charge is 0.475 e. The number of carbonyl (C=O) groups excluding carboxylic acids is 1. The van der Waals surface area contributed by atoms with Gasteiger partial charge in [-0.25, -0.2) is 4.79 Å². The van der Waals surface area contributed by atoms with Gasteiger partial charge >= 0.3 is 12.1 Å². The Balaban J connectivity index is 0.000000360. The number of pyridine rings is 1. The molecule has 0 aliphatic carbocycles. The lowest BCUT2D eigenvalue weighted by molar-refractivity contribution is -0.192. The minimum Gasteiger partial charge on any atom is -0.475 e. The van der Waals surface area contributed by atoms with E-state index in [2.05, 4.69) is 15.2 Å². The molecule has 1 amide bonds. The Morgan fingerprint density at radius 2 is 2.03 bits per heavy atom. The summed E-state index contributed by atoms with van der Waals surface area (Å²) in [6, 6.07) is 9.66. The number of ether oxygens (including phenoxy) is 1. The highest BCUT2D eigenvalue weighted by atomic mass is 19.4. The van der Waals surface area contributed by atoms with E-state index in [-0.39, 0.29) is 18.1 Å². The van der Waals surface area contributed by atoms with Gasteiger partial charge in [-0.1, -0.05) is 6.07 Å². The van der Waals surface area contributed by atoms with E-state index < -0.39 is 12.1 Å². The zero-order chi connectivity index (χ0) is 23.1. The fourth-order valence-electron chi connectivity index (χ4n) is 3.73. The van der Waals surface area contributed by atoms with E-state index >= 15 is 0 Å². The first-order valence-electron chi connectivity index (χ1n) is 10.1. The van der Waals surface area contributed by atoms with Crippen LogP contribution in [0, 0.1) is 5.92 Å². The fourth-order valence-corrected chi connectivity index (χ4v) is 3.73. The third-order valence-corrected chi connectivity index (χ3v) is 5.30. The van der Waals surface area contributed by atoms with Crippen LogP contribution in [-0.4, -0.2) is 58.3 Å². The number of likely N-dealkylation sites (tertiary alicyclic amines) is 1. The fraction of sp³-hybridized carbons (Fsp3) is 0.476. The maximum absolute atomic E-state index is 12.4. The van der Waals surface area contributed by atoms with Gasteiger partial charge < -0.3 is 19.6 Å². The molecule has 3 atom stereocenters. The summed E-state index contributed by atoms with van der Waals surface area (Å²) in [6.45, 7) is 3.14. The third-order valence-electron chi connectivity index (χ3n) is 5.30. The van der Waals surface area contributed by atoms with Crippen LogP contribution in [0.25, 0.3) is 0 Å². The average Bonchev–Trinajstić information content (AvgIpc) is 3.42. The number of nitrogens with one attached hydrogen (secondary N) is 1. The molecule has 2 aliphatic rings. The van der Waals surface area contributed by atoms with Gasteiger partial charge in [0.1, 0.15) is 11.9 Å². The molecule has 174 valence electrons. The van der Waals surface area contributed by atoms with E-state index in [1.807, 2.05) is 36.5 Å². The molecule has 0 bridgehead atoms. The van der Waals surface area contributed by atoms with Crippen molar-refractivity contribution in [3.8, 4) is 0 Å². The highest BCUT2D eigenvalue weighted by molar-refractivity contribution is 5.81. The first kappa shape index (κ1) is 23.7. The molecule has 32 heavy (non-hydrogen) atoms. The second-order valence-electron chi connectivity index (χ2n) is 7.60. The molecule has 2 fully saturated rings. The van der Waals surface area contributed by atoms with Crippen molar-refractivity contribution in [2.45, 2.75) is 44.3 Å². The van der Waals surface area contributed by atoms with Gasteiger partial charge in [-0.3, -0.25) is 14.7 Å². The summed E-state index contributed by atoms with van der Waals surface area (Å²) >= 11 is 0. The number of piperidine rings is 1. The number of carboxylic acid groups (broad SMARTS) is 1. The number of carboxylic acids is 1. The van der Waals surface area contributed by atoms with Crippen LogP contribution in [0.3, 0.4) is 0 Å². The molecule has 0 aromatic carbocycles. The maximum Gasteiger partial charge on any atom is 0.490 e. The van der Waals surface area contributed by atoms with Crippen LogP contribution in [-0.2, 0) is 27.4 Å². The number of amides is 1. The molecule has 0 radical (unpaired) electrons. The number of halogens is 3. The summed E-state index contributed by atoms with van der Waals surface area (Å²) in [5.41, 5.74) is 1.08. The van der Waals surface area contributed by atoms with Crippen molar-refractivity contribution in [3.05, 3.63) is 54.2 Å². The lowest BCUT2D eigenvalue weighted by Gasteiger charge is -2.33. The number of alkyl halides is 3.